The van der Waals surface area contributed by atoms with Gasteiger partial charge in [0.25, 0.3) is 0 Å². The second-order valence-corrected chi connectivity index (χ2v) is 5.09. The number of hydrogen-bond acceptors (Lipinski definition) is 3. The lowest BCUT2D eigenvalue weighted by atomic mass is 10.0. The maximum Gasteiger partial charge on any atom is 0.228 e. The van der Waals surface area contributed by atoms with E-state index in [0.717, 1.165) is 33.4 Å². The molecular weight excluding hydrogens is 278 g/mol. The van der Waals surface area contributed by atoms with E-state index >= 15 is 0 Å². The van der Waals surface area contributed by atoms with Crippen LogP contribution in [0.15, 0.2) is 48.7 Å². The Morgan fingerprint density at radius 2 is 2.23 bits per heavy atom. The molecule has 0 spiro atoms. The predicted molar refractivity (Wildman–Crippen MR) is 87.5 cm³/mol. The summed E-state index contributed by atoms with van der Waals surface area (Å²) in [6.07, 6.45) is 5.72. The lowest BCUT2D eigenvalue weighted by molar-refractivity contribution is -0.119. The lowest BCUT2D eigenvalue weighted by Gasteiger charge is -2.08. The van der Waals surface area contributed by atoms with E-state index in [2.05, 4.69) is 22.4 Å². The third-order valence-electron chi connectivity index (χ3n) is 3.78. The molecule has 0 radical (unpaired) electrons. The standard InChI is InChI=1S/C17H17N3O2/c1-3-5-11-14(4-2)18-16(21)9-13-12-8-10(20-22)6-7-15(12)19-17(11)13/h3-8,19-20,22H,1,9H2,2H3,(H,18,21)/b11-5+,14-4+. The summed E-state index contributed by atoms with van der Waals surface area (Å²) in [5, 5.41) is 12.9. The van der Waals surface area contributed by atoms with Gasteiger partial charge in [0.2, 0.25) is 5.91 Å². The number of amides is 1. The van der Waals surface area contributed by atoms with Crippen LogP contribution in [0.5, 0.6) is 0 Å². The second kappa shape index (κ2) is 5.54. The number of benzene rings is 1. The molecule has 0 aliphatic carbocycles. The molecule has 2 aromatic rings. The van der Waals surface area contributed by atoms with Gasteiger partial charge in [-0.1, -0.05) is 24.8 Å². The number of rotatable bonds is 2. The van der Waals surface area contributed by atoms with Gasteiger partial charge in [-0.2, -0.15) is 0 Å². The van der Waals surface area contributed by atoms with Crippen LogP contribution in [0.4, 0.5) is 5.69 Å². The van der Waals surface area contributed by atoms with Crippen molar-refractivity contribution in [1.29, 1.82) is 0 Å². The Bertz CT molecular complexity index is 828. The summed E-state index contributed by atoms with van der Waals surface area (Å²) in [6.45, 7) is 5.64. The van der Waals surface area contributed by atoms with Crippen LogP contribution in [0, 0.1) is 0 Å². The molecule has 1 aliphatic heterocycles. The highest BCUT2D eigenvalue weighted by atomic mass is 16.5. The van der Waals surface area contributed by atoms with Gasteiger partial charge in [-0.05, 0) is 30.7 Å². The van der Waals surface area contributed by atoms with Crippen LogP contribution in [-0.4, -0.2) is 16.1 Å². The number of aromatic nitrogens is 1. The number of fused-ring (bicyclic) bond motifs is 3. The number of H-pyrrole nitrogens is 1. The Kier molecular flexibility index (Phi) is 3.56. The van der Waals surface area contributed by atoms with Crippen molar-refractivity contribution in [2.45, 2.75) is 13.3 Å². The molecule has 1 aromatic heterocycles. The molecule has 0 bridgehead atoms. The summed E-state index contributed by atoms with van der Waals surface area (Å²) in [5.41, 5.74) is 7.11. The average Bonchev–Trinajstić information content (AvgIpc) is 2.81. The van der Waals surface area contributed by atoms with E-state index in [1.54, 1.807) is 12.1 Å². The number of carbonyl (C=O) groups is 1. The molecule has 22 heavy (non-hydrogen) atoms. The first-order valence-electron chi connectivity index (χ1n) is 7.02. The average molecular weight is 295 g/mol. The van der Waals surface area contributed by atoms with Gasteiger partial charge < -0.3 is 10.3 Å². The third kappa shape index (κ3) is 2.21. The Morgan fingerprint density at radius 1 is 1.41 bits per heavy atom. The SMILES string of the molecule is C=C/C=C1\C(=C/C)NC(=O)Cc2c1[nH]c1ccc(NO)cc21. The summed E-state index contributed by atoms with van der Waals surface area (Å²) in [6, 6.07) is 5.47. The van der Waals surface area contributed by atoms with Crippen LogP contribution in [0.25, 0.3) is 16.5 Å². The summed E-state index contributed by atoms with van der Waals surface area (Å²) < 4.78 is 0. The molecule has 112 valence electrons. The maximum absolute atomic E-state index is 12.2. The van der Waals surface area contributed by atoms with E-state index in [4.69, 9.17) is 5.21 Å². The molecule has 5 nitrogen and oxygen atoms in total. The third-order valence-corrected chi connectivity index (χ3v) is 3.78. The van der Waals surface area contributed by atoms with Gasteiger partial charge >= 0.3 is 0 Å². The van der Waals surface area contributed by atoms with Crippen molar-refractivity contribution in [3.63, 3.8) is 0 Å². The van der Waals surface area contributed by atoms with E-state index in [-0.39, 0.29) is 12.3 Å². The first-order valence-corrected chi connectivity index (χ1v) is 7.02. The van der Waals surface area contributed by atoms with Crippen molar-refractivity contribution in [3.8, 4) is 0 Å². The van der Waals surface area contributed by atoms with Gasteiger partial charge in [0, 0.05) is 22.2 Å². The molecule has 0 fully saturated rings. The van der Waals surface area contributed by atoms with Crippen LogP contribution in [0.1, 0.15) is 18.2 Å². The highest BCUT2D eigenvalue weighted by Gasteiger charge is 2.24. The fourth-order valence-electron chi connectivity index (χ4n) is 2.81. The zero-order chi connectivity index (χ0) is 15.7. The molecule has 0 saturated heterocycles. The molecule has 1 amide bonds. The van der Waals surface area contributed by atoms with E-state index in [1.165, 1.54) is 0 Å². The van der Waals surface area contributed by atoms with Crippen LogP contribution in [0.3, 0.4) is 0 Å². The first-order chi connectivity index (χ1) is 10.7. The van der Waals surface area contributed by atoms with Crippen LogP contribution < -0.4 is 10.8 Å². The fraction of sp³-hybridized carbons (Fsp3) is 0.118. The van der Waals surface area contributed by atoms with E-state index in [9.17, 15) is 4.79 Å². The van der Waals surface area contributed by atoms with Crippen LogP contribution in [-0.2, 0) is 11.2 Å². The number of aromatic amines is 1. The van der Waals surface area contributed by atoms with Crippen LogP contribution >= 0.6 is 0 Å². The summed E-state index contributed by atoms with van der Waals surface area (Å²) >= 11 is 0. The first kappa shape index (κ1) is 14.2. The van der Waals surface area contributed by atoms with Crippen molar-refractivity contribution in [2.75, 3.05) is 5.48 Å². The number of allylic oxidation sites excluding steroid dienone is 4. The Hall–Kier alpha value is -2.79. The van der Waals surface area contributed by atoms with E-state index in [0.29, 0.717) is 5.69 Å². The van der Waals surface area contributed by atoms with Crippen molar-refractivity contribution in [1.82, 2.24) is 10.3 Å². The summed E-state index contributed by atoms with van der Waals surface area (Å²) in [7, 11) is 0. The van der Waals surface area contributed by atoms with Crippen molar-refractivity contribution in [2.24, 2.45) is 0 Å². The zero-order valence-corrected chi connectivity index (χ0v) is 12.2. The van der Waals surface area contributed by atoms with Crippen molar-refractivity contribution in [3.05, 3.63) is 60.0 Å². The minimum absolute atomic E-state index is 0.0647. The topological polar surface area (TPSA) is 77.2 Å². The monoisotopic (exact) mass is 295 g/mol. The number of carbonyl (C=O) groups excluding carboxylic acids is 1. The number of hydrogen-bond donors (Lipinski definition) is 4. The normalized spacial score (nSPS) is 18.2. The second-order valence-electron chi connectivity index (χ2n) is 5.09. The highest BCUT2D eigenvalue weighted by Crippen LogP contribution is 2.34. The lowest BCUT2D eigenvalue weighted by Crippen LogP contribution is -2.22. The van der Waals surface area contributed by atoms with Gasteiger partial charge in [-0.15, -0.1) is 0 Å². The molecule has 0 saturated carbocycles. The molecule has 3 rings (SSSR count). The van der Waals surface area contributed by atoms with Gasteiger partial charge in [-0.25, -0.2) is 0 Å². The zero-order valence-electron chi connectivity index (χ0n) is 12.2. The molecule has 1 aliphatic rings. The molecule has 1 aromatic carbocycles. The molecule has 2 heterocycles. The van der Waals surface area contributed by atoms with E-state index < -0.39 is 0 Å². The maximum atomic E-state index is 12.2. The molecule has 4 N–H and O–H groups in total. The molecule has 5 heteroatoms. The van der Waals surface area contributed by atoms with Crippen molar-refractivity contribution >= 4 is 28.1 Å². The number of nitrogens with one attached hydrogen (secondary N) is 3. The van der Waals surface area contributed by atoms with Gasteiger partial charge in [0.1, 0.15) is 0 Å². The molecule has 0 unspecified atom stereocenters. The molecular formula is C17H17N3O2. The minimum Gasteiger partial charge on any atom is -0.354 e. The van der Waals surface area contributed by atoms with Gasteiger partial charge in [-0.3, -0.25) is 15.5 Å². The summed E-state index contributed by atoms with van der Waals surface area (Å²) in [4.78, 5) is 15.5. The van der Waals surface area contributed by atoms with Crippen molar-refractivity contribution < 1.29 is 10.0 Å². The van der Waals surface area contributed by atoms with Crippen LogP contribution in [0.2, 0.25) is 0 Å². The Morgan fingerprint density at radius 3 is 2.91 bits per heavy atom. The minimum atomic E-state index is -0.0647. The summed E-state index contributed by atoms with van der Waals surface area (Å²) in [5.74, 6) is -0.0647. The molecule has 0 atom stereocenters. The largest absolute Gasteiger partial charge is 0.354 e. The smallest absolute Gasteiger partial charge is 0.228 e. The highest BCUT2D eigenvalue weighted by molar-refractivity contribution is 6.00. The predicted octanol–water partition coefficient (Wildman–Crippen LogP) is 3.11. The number of anilines is 1. The fourth-order valence-corrected chi connectivity index (χ4v) is 2.81. The van der Waals surface area contributed by atoms with Gasteiger partial charge in [0.05, 0.1) is 17.8 Å². The van der Waals surface area contributed by atoms with E-state index in [1.807, 2.05) is 31.2 Å². The van der Waals surface area contributed by atoms with Gasteiger partial charge in [0.15, 0.2) is 0 Å². The Balaban J connectivity index is 2.32. The Labute approximate surface area is 128 Å². The quantitative estimate of drug-likeness (QED) is 0.643.